The molecule has 0 fully saturated rings. The third-order valence-corrected chi connectivity index (χ3v) is 5.90. The lowest BCUT2D eigenvalue weighted by Crippen LogP contribution is -2.45. The summed E-state index contributed by atoms with van der Waals surface area (Å²) in [5.41, 5.74) is 2.85. The molecule has 0 aliphatic carbocycles. The minimum absolute atomic E-state index is 0.713. The van der Waals surface area contributed by atoms with Gasteiger partial charge in [0.25, 0.3) is 0 Å². The predicted octanol–water partition coefficient (Wildman–Crippen LogP) is 3.11. The summed E-state index contributed by atoms with van der Waals surface area (Å²) in [4.78, 5) is 8.57. The number of hydrogen-bond acceptors (Lipinski definition) is 4. The van der Waals surface area contributed by atoms with Gasteiger partial charge < -0.3 is 14.8 Å². The molecule has 1 N–H and O–H groups in total. The van der Waals surface area contributed by atoms with Crippen LogP contribution < -0.4 is 5.32 Å². The van der Waals surface area contributed by atoms with Gasteiger partial charge in [-0.25, -0.2) is 4.99 Å². The van der Waals surface area contributed by atoms with E-state index in [2.05, 4.69) is 73.7 Å². The molecule has 0 atom stereocenters. The molecule has 7 heteroatoms. The second-order valence-corrected chi connectivity index (χ2v) is 7.91. The molecular formula is C21H26N6S. The Morgan fingerprint density at radius 2 is 2.11 bits per heavy atom. The summed E-state index contributed by atoms with van der Waals surface area (Å²) in [6, 6.07) is 12.9. The standard InChI is InChI=1S/C21H26N6S/c1-2-20-25-24-16-27(20)12-10-22-21(23-14-19-8-5-13-28-19)26-11-9-17-6-3-4-7-18(17)15-26/h3-8,13,16H,2,9-12,14-15H2,1H3,(H,22,23). The van der Waals surface area contributed by atoms with Crippen molar-refractivity contribution in [2.75, 3.05) is 13.1 Å². The zero-order valence-electron chi connectivity index (χ0n) is 16.2. The fourth-order valence-electron chi connectivity index (χ4n) is 3.53. The Morgan fingerprint density at radius 1 is 1.21 bits per heavy atom. The quantitative estimate of drug-likeness (QED) is 0.516. The number of thiophene rings is 1. The molecule has 1 aromatic carbocycles. The van der Waals surface area contributed by atoms with Crippen LogP contribution in [0.15, 0.2) is 53.1 Å². The highest BCUT2D eigenvalue weighted by Crippen LogP contribution is 2.19. The summed E-state index contributed by atoms with van der Waals surface area (Å²) < 4.78 is 2.11. The summed E-state index contributed by atoms with van der Waals surface area (Å²) in [5.74, 6) is 2.00. The summed E-state index contributed by atoms with van der Waals surface area (Å²) in [5, 5.41) is 13.9. The Hall–Kier alpha value is -2.67. The number of guanidine groups is 1. The van der Waals surface area contributed by atoms with Crippen LogP contribution in [0.2, 0.25) is 0 Å². The number of aliphatic imine (C=N–C) groups is 1. The fraction of sp³-hybridized carbons (Fsp3) is 0.381. The van der Waals surface area contributed by atoms with Crippen molar-refractivity contribution in [3.63, 3.8) is 0 Å². The molecule has 6 nitrogen and oxygen atoms in total. The van der Waals surface area contributed by atoms with Gasteiger partial charge in [-0.15, -0.1) is 21.5 Å². The number of rotatable bonds is 6. The van der Waals surface area contributed by atoms with Crippen molar-refractivity contribution in [1.29, 1.82) is 0 Å². The average Bonchev–Trinajstić information content (AvgIpc) is 3.42. The van der Waals surface area contributed by atoms with E-state index in [1.165, 1.54) is 16.0 Å². The molecule has 0 bridgehead atoms. The summed E-state index contributed by atoms with van der Waals surface area (Å²) in [6.45, 7) is 6.34. The Labute approximate surface area is 169 Å². The molecule has 3 heterocycles. The summed E-state index contributed by atoms with van der Waals surface area (Å²) >= 11 is 1.75. The van der Waals surface area contributed by atoms with Crippen LogP contribution in [0.5, 0.6) is 0 Å². The molecule has 0 saturated carbocycles. The number of hydrogen-bond donors (Lipinski definition) is 1. The number of nitrogens with one attached hydrogen (secondary N) is 1. The van der Waals surface area contributed by atoms with E-state index in [9.17, 15) is 0 Å². The molecular weight excluding hydrogens is 368 g/mol. The van der Waals surface area contributed by atoms with Gasteiger partial charge >= 0.3 is 0 Å². The van der Waals surface area contributed by atoms with Crippen molar-refractivity contribution in [3.8, 4) is 0 Å². The van der Waals surface area contributed by atoms with Gasteiger partial charge in [-0.3, -0.25) is 0 Å². The van der Waals surface area contributed by atoms with Crippen molar-refractivity contribution in [3.05, 3.63) is 69.9 Å². The monoisotopic (exact) mass is 394 g/mol. The van der Waals surface area contributed by atoms with E-state index in [0.29, 0.717) is 6.54 Å². The second kappa shape index (κ2) is 9.01. The minimum atomic E-state index is 0.713. The fourth-order valence-corrected chi connectivity index (χ4v) is 4.16. The van der Waals surface area contributed by atoms with Crippen molar-refractivity contribution in [1.82, 2.24) is 25.0 Å². The number of fused-ring (bicyclic) bond motifs is 1. The molecule has 1 aliphatic heterocycles. The van der Waals surface area contributed by atoms with Gasteiger partial charge in [-0.1, -0.05) is 37.3 Å². The van der Waals surface area contributed by atoms with E-state index < -0.39 is 0 Å². The maximum Gasteiger partial charge on any atom is 0.194 e. The lowest BCUT2D eigenvalue weighted by molar-refractivity contribution is 0.376. The normalized spacial score (nSPS) is 14.2. The second-order valence-electron chi connectivity index (χ2n) is 6.88. The van der Waals surface area contributed by atoms with Gasteiger partial charge in [0.2, 0.25) is 0 Å². The Kier molecular flexibility index (Phi) is 6.01. The summed E-state index contributed by atoms with van der Waals surface area (Å²) in [7, 11) is 0. The molecule has 28 heavy (non-hydrogen) atoms. The van der Waals surface area contributed by atoms with Crippen molar-refractivity contribution < 1.29 is 0 Å². The number of benzene rings is 1. The van der Waals surface area contributed by atoms with Gasteiger partial charge in [-0.05, 0) is 29.0 Å². The van der Waals surface area contributed by atoms with Gasteiger partial charge in [0.15, 0.2) is 5.96 Å². The van der Waals surface area contributed by atoms with Crippen LogP contribution in [0, 0.1) is 0 Å². The van der Waals surface area contributed by atoms with Crippen molar-refractivity contribution in [2.45, 2.75) is 39.4 Å². The Balaban J connectivity index is 1.45. The van der Waals surface area contributed by atoms with E-state index >= 15 is 0 Å². The Bertz CT molecular complexity index is 915. The third-order valence-electron chi connectivity index (χ3n) is 5.04. The van der Waals surface area contributed by atoms with E-state index in [1.54, 1.807) is 17.7 Å². The lowest BCUT2D eigenvalue weighted by atomic mass is 10.0. The van der Waals surface area contributed by atoms with Crippen LogP contribution >= 0.6 is 11.3 Å². The van der Waals surface area contributed by atoms with E-state index in [4.69, 9.17) is 4.99 Å². The number of aromatic nitrogens is 3. The topological polar surface area (TPSA) is 58.3 Å². The van der Waals surface area contributed by atoms with Gasteiger partial charge in [-0.2, -0.15) is 0 Å². The smallest absolute Gasteiger partial charge is 0.194 e. The molecule has 0 radical (unpaired) electrons. The van der Waals surface area contributed by atoms with Gasteiger partial charge in [0, 0.05) is 37.5 Å². The largest absolute Gasteiger partial charge is 0.354 e. The zero-order chi connectivity index (χ0) is 19.2. The molecule has 0 amide bonds. The molecule has 1 aliphatic rings. The lowest BCUT2D eigenvalue weighted by Gasteiger charge is -2.32. The Morgan fingerprint density at radius 3 is 2.93 bits per heavy atom. The van der Waals surface area contributed by atoms with E-state index in [-0.39, 0.29) is 0 Å². The molecule has 3 aromatic rings. The number of aryl methyl sites for hydroxylation is 1. The molecule has 0 unspecified atom stereocenters. The number of nitrogens with zero attached hydrogens (tertiary/aromatic N) is 5. The van der Waals surface area contributed by atoms with Crippen LogP contribution in [0.4, 0.5) is 0 Å². The van der Waals surface area contributed by atoms with Crippen LogP contribution in [0.25, 0.3) is 0 Å². The first-order valence-electron chi connectivity index (χ1n) is 9.82. The van der Waals surface area contributed by atoms with Crippen LogP contribution in [0.1, 0.15) is 28.8 Å². The van der Waals surface area contributed by atoms with Crippen molar-refractivity contribution >= 4 is 17.3 Å². The predicted molar refractivity (Wildman–Crippen MR) is 113 cm³/mol. The highest BCUT2D eigenvalue weighted by molar-refractivity contribution is 7.09. The minimum Gasteiger partial charge on any atom is -0.354 e. The van der Waals surface area contributed by atoms with Gasteiger partial charge in [0.05, 0.1) is 6.54 Å². The first kappa shape index (κ1) is 18.7. The SMILES string of the molecule is CCc1nncn1CCNC(=NCc1cccs1)N1CCc2ccccc2C1. The first-order chi connectivity index (χ1) is 13.8. The first-order valence-corrected chi connectivity index (χ1v) is 10.7. The zero-order valence-corrected chi connectivity index (χ0v) is 17.0. The molecule has 4 rings (SSSR count). The van der Waals surface area contributed by atoms with Crippen LogP contribution in [-0.2, 0) is 32.5 Å². The van der Waals surface area contributed by atoms with Crippen molar-refractivity contribution in [2.24, 2.45) is 4.99 Å². The molecule has 146 valence electrons. The van der Waals surface area contributed by atoms with E-state index in [0.717, 1.165) is 50.8 Å². The molecule has 2 aromatic heterocycles. The van der Waals surface area contributed by atoms with Crippen LogP contribution in [-0.4, -0.2) is 38.7 Å². The molecule has 0 spiro atoms. The van der Waals surface area contributed by atoms with Gasteiger partial charge in [0.1, 0.15) is 12.2 Å². The van der Waals surface area contributed by atoms with Crippen LogP contribution in [0.3, 0.4) is 0 Å². The maximum absolute atomic E-state index is 4.93. The highest BCUT2D eigenvalue weighted by atomic mass is 32.1. The van der Waals surface area contributed by atoms with E-state index in [1.807, 2.05) is 0 Å². The highest BCUT2D eigenvalue weighted by Gasteiger charge is 2.19. The molecule has 0 saturated heterocycles. The third kappa shape index (κ3) is 4.42. The summed E-state index contributed by atoms with van der Waals surface area (Å²) in [6.07, 6.45) is 3.75. The maximum atomic E-state index is 4.93. The average molecular weight is 395 g/mol.